The van der Waals surface area contributed by atoms with Crippen molar-refractivity contribution in [2.45, 2.75) is 33.2 Å². The molecule has 1 aromatic heterocycles. The number of hydrogen-bond acceptors (Lipinski definition) is 4. The van der Waals surface area contributed by atoms with Crippen molar-refractivity contribution in [1.82, 2.24) is 15.2 Å². The Balaban J connectivity index is 2.73. The molecule has 2 N–H and O–H groups in total. The Labute approximate surface area is 128 Å². The van der Waals surface area contributed by atoms with Gasteiger partial charge >= 0.3 is 0 Å². The Hall–Kier alpha value is -1.62. The summed E-state index contributed by atoms with van der Waals surface area (Å²) in [6.45, 7) is 8.04. The first kappa shape index (κ1) is 17.4. The Morgan fingerprint density at radius 2 is 2.10 bits per heavy atom. The summed E-state index contributed by atoms with van der Waals surface area (Å²) in [4.78, 5) is 18.6. The van der Waals surface area contributed by atoms with Gasteiger partial charge in [-0.3, -0.25) is 9.78 Å². The fraction of sp³-hybridized carbons (Fsp3) is 0.625. The van der Waals surface area contributed by atoms with Crippen LogP contribution >= 0.6 is 0 Å². The predicted molar refractivity (Wildman–Crippen MR) is 87.7 cm³/mol. The summed E-state index contributed by atoms with van der Waals surface area (Å²) in [5.41, 5.74) is 1.39. The summed E-state index contributed by atoms with van der Waals surface area (Å²) in [6, 6.07) is 3.80. The highest BCUT2D eigenvalue weighted by Crippen LogP contribution is 2.09. The molecule has 1 unspecified atom stereocenters. The Bertz CT molecular complexity index is 446. The lowest BCUT2D eigenvalue weighted by Crippen LogP contribution is -2.45. The lowest BCUT2D eigenvalue weighted by Gasteiger charge is -2.25. The summed E-state index contributed by atoms with van der Waals surface area (Å²) < 4.78 is 0. The maximum atomic E-state index is 12.3. The SMILES string of the molecule is CCCNc1ccnc(C(=O)NC(CN(C)C)C(C)C)c1. The van der Waals surface area contributed by atoms with Gasteiger partial charge in [-0.2, -0.15) is 0 Å². The van der Waals surface area contributed by atoms with Crippen LogP contribution in [0.1, 0.15) is 37.7 Å². The number of nitrogens with zero attached hydrogens (tertiary/aromatic N) is 2. The van der Waals surface area contributed by atoms with E-state index in [4.69, 9.17) is 0 Å². The number of carbonyl (C=O) groups is 1. The van der Waals surface area contributed by atoms with E-state index in [2.05, 4.69) is 41.3 Å². The van der Waals surface area contributed by atoms with Crippen molar-refractivity contribution in [3.8, 4) is 0 Å². The fourth-order valence-electron chi connectivity index (χ4n) is 1.99. The Kier molecular flexibility index (Phi) is 7.15. The van der Waals surface area contributed by atoms with Crippen molar-refractivity contribution in [1.29, 1.82) is 0 Å². The van der Waals surface area contributed by atoms with Crippen LogP contribution in [0.25, 0.3) is 0 Å². The third-order valence-electron chi connectivity index (χ3n) is 3.25. The number of likely N-dealkylation sites (N-methyl/N-ethyl adjacent to an activating group) is 1. The minimum Gasteiger partial charge on any atom is -0.385 e. The maximum Gasteiger partial charge on any atom is 0.270 e. The molecule has 0 aliphatic rings. The van der Waals surface area contributed by atoms with E-state index in [0.717, 1.165) is 25.2 Å². The summed E-state index contributed by atoms with van der Waals surface area (Å²) >= 11 is 0. The van der Waals surface area contributed by atoms with Crippen LogP contribution < -0.4 is 10.6 Å². The van der Waals surface area contributed by atoms with Gasteiger partial charge in [-0.05, 0) is 38.6 Å². The van der Waals surface area contributed by atoms with Gasteiger partial charge in [0.15, 0.2) is 0 Å². The second-order valence-corrected chi connectivity index (χ2v) is 5.94. The van der Waals surface area contributed by atoms with Crippen LogP contribution in [0.3, 0.4) is 0 Å². The Morgan fingerprint density at radius 3 is 2.67 bits per heavy atom. The van der Waals surface area contributed by atoms with E-state index in [9.17, 15) is 4.79 Å². The third-order valence-corrected chi connectivity index (χ3v) is 3.25. The van der Waals surface area contributed by atoms with Gasteiger partial charge in [0.2, 0.25) is 0 Å². The minimum absolute atomic E-state index is 0.113. The average molecular weight is 292 g/mol. The van der Waals surface area contributed by atoms with Crippen molar-refractivity contribution in [2.24, 2.45) is 5.92 Å². The van der Waals surface area contributed by atoms with E-state index in [1.807, 2.05) is 20.2 Å². The quantitative estimate of drug-likeness (QED) is 0.771. The fourth-order valence-corrected chi connectivity index (χ4v) is 1.99. The second kappa shape index (κ2) is 8.62. The van der Waals surface area contributed by atoms with Gasteiger partial charge in [-0.1, -0.05) is 20.8 Å². The van der Waals surface area contributed by atoms with Gasteiger partial charge in [-0.15, -0.1) is 0 Å². The zero-order valence-corrected chi connectivity index (χ0v) is 13.8. The maximum absolute atomic E-state index is 12.3. The van der Waals surface area contributed by atoms with Crippen LogP contribution in [0.2, 0.25) is 0 Å². The molecule has 1 amide bonds. The molecule has 21 heavy (non-hydrogen) atoms. The van der Waals surface area contributed by atoms with Crippen LogP contribution in [0.4, 0.5) is 5.69 Å². The van der Waals surface area contributed by atoms with Gasteiger partial charge < -0.3 is 15.5 Å². The lowest BCUT2D eigenvalue weighted by atomic mass is 10.0. The molecule has 1 rings (SSSR count). The van der Waals surface area contributed by atoms with E-state index in [1.165, 1.54) is 0 Å². The van der Waals surface area contributed by atoms with Crippen molar-refractivity contribution in [2.75, 3.05) is 32.5 Å². The topological polar surface area (TPSA) is 57.3 Å². The predicted octanol–water partition coefficient (Wildman–Crippen LogP) is 2.22. The van der Waals surface area contributed by atoms with Crippen molar-refractivity contribution in [3.63, 3.8) is 0 Å². The molecule has 0 radical (unpaired) electrons. The number of amides is 1. The van der Waals surface area contributed by atoms with Crippen molar-refractivity contribution < 1.29 is 4.79 Å². The van der Waals surface area contributed by atoms with E-state index < -0.39 is 0 Å². The van der Waals surface area contributed by atoms with E-state index in [1.54, 1.807) is 12.3 Å². The lowest BCUT2D eigenvalue weighted by molar-refractivity contribution is 0.0911. The molecule has 0 aliphatic heterocycles. The van der Waals surface area contributed by atoms with E-state index in [-0.39, 0.29) is 11.9 Å². The largest absolute Gasteiger partial charge is 0.385 e. The van der Waals surface area contributed by atoms with Crippen LogP contribution in [-0.2, 0) is 0 Å². The standard InChI is InChI=1S/C16H28N4O/c1-6-8-17-13-7-9-18-14(10-13)16(21)19-15(12(2)3)11-20(4)5/h7,9-10,12,15H,6,8,11H2,1-5H3,(H,17,18)(H,19,21). The molecule has 0 saturated heterocycles. The summed E-state index contributed by atoms with van der Waals surface area (Å²) in [5, 5.41) is 6.35. The van der Waals surface area contributed by atoms with Gasteiger partial charge in [0.25, 0.3) is 5.91 Å². The molecular formula is C16H28N4O. The summed E-state index contributed by atoms with van der Waals surface area (Å²) in [5.74, 6) is 0.258. The highest BCUT2D eigenvalue weighted by molar-refractivity contribution is 5.93. The number of carbonyl (C=O) groups excluding carboxylic acids is 1. The molecule has 0 bridgehead atoms. The highest BCUT2D eigenvalue weighted by Gasteiger charge is 2.18. The van der Waals surface area contributed by atoms with Crippen molar-refractivity contribution in [3.05, 3.63) is 24.0 Å². The first-order chi connectivity index (χ1) is 9.93. The molecular weight excluding hydrogens is 264 g/mol. The number of rotatable bonds is 8. The molecule has 5 heteroatoms. The second-order valence-electron chi connectivity index (χ2n) is 5.94. The van der Waals surface area contributed by atoms with Gasteiger partial charge in [0.05, 0.1) is 0 Å². The number of anilines is 1. The molecule has 0 fully saturated rings. The molecule has 0 aromatic carbocycles. The van der Waals surface area contributed by atoms with Crippen LogP contribution in [-0.4, -0.2) is 49.0 Å². The van der Waals surface area contributed by atoms with Gasteiger partial charge in [-0.25, -0.2) is 0 Å². The van der Waals surface area contributed by atoms with E-state index >= 15 is 0 Å². The first-order valence-electron chi connectivity index (χ1n) is 7.59. The normalized spacial score (nSPS) is 12.5. The van der Waals surface area contributed by atoms with Crippen molar-refractivity contribution >= 4 is 11.6 Å². The van der Waals surface area contributed by atoms with E-state index in [0.29, 0.717) is 11.6 Å². The first-order valence-corrected chi connectivity index (χ1v) is 7.59. The molecule has 0 saturated carbocycles. The molecule has 118 valence electrons. The summed E-state index contributed by atoms with van der Waals surface area (Å²) in [6.07, 6.45) is 2.71. The number of hydrogen-bond donors (Lipinski definition) is 2. The monoisotopic (exact) mass is 292 g/mol. The molecule has 1 atom stereocenters. The smallest absolute Gasteiger partial charge is 0.270 e. The zero-order chi connectivity index (χ0) is 15.8. The van der Waals surface area contributed by atoms with Crippen LogP contribution in [0, 0.1) is 5.92 Å². The third kappa shape index (κ3) is 6.12. The molecule has 0 spiro atoms. The Morgan fingerprint density at radius 1 is 1.38 bits per heavy atom. The highest BCUT2D eigenvalue weighted by atomic mass is 16.1. The minimum atomic E-state index is -0.115. The summed E-state index contributed by atoms with van der Waals surface area (Å²) in [7, 11) is 4.02. The molecule has 1 heterocycles. The molecule has 1 aromatic rings. The molecule has 5 nitrogen and oxygen atoms in total. The average Bonchev–Trinajstić information content (AvgIpc) is 2.44. The zero-order valence-electron chi connectivity index (χ0n) is 13.8. The number of pyridine rings is 1. The number of aromatic nitrogens is 1. The van der Waals surface area contributed by atoms with Crippen LogP contribution in [0.5, 0.6) is 0 Å². The van der Waals surface area contributed by atoms with Gasteiger partial charge in [0.1, 0.15) is 5.69 Å². The van der Waals surface area contributed by atoms with Gasteiger partial charge in [0, 0.05) is 31.0 Å². The molecule has 0 aliphatic carbocycles. The van der Waals surface area contributed by atoms with Crippen LogP contribution in [0.15, 0.2) is 18.3 Å². The number of nitrogens with one attached hydrogen (secondary N) is 2.